The van der Waals surface area contributed by atoms with Gasteiger partial charge in [-0.1, -0.05) is 25.1 Å². The standard InChI is InChI=1S/C26H27N7O.H2S/c1-16(19-4-3-5-20-21(26(34)27-2)10-11-28-25(19)20)13-29-24-12-22(31-15-32-24)17-6-9-23(30-14-17)33-18-7-8-18;/h3-6,9-12,14-16,18H,7-8,13H2,1-2H3,(H,27,34)(H,30,33)(H,29,31,32);1H2/t16-;/m1./s1. The van der Waals surface area contributed by atoms with Crippen LogP contribution in [0.15, 0.2) is 61.2 Å². The number of fused-ring (bicyclic) bond motifs is 1. The fourth-order valence-corrected chi connectivity index (χ4v) is 3.98. The SMILES string of the molecule is CNC(=O)c1ccnc2c([C@H](C)CNc3cc(-c4ccc(NC5CC5)nc4)ncn3)cccc12.S. The summed E-state index contributed by atoms with van der Waals surface area (Å²) in [5.41, 5.74) is 4.31. The van der Waals surface area contributed by atoms with Gasteiger partial charge in [0, 0.05) is 55.0 Å². The zero-order valence-electron chi connectivity index (χ0n) is 19.7. The van der Waals surface area contributed by atoms with Gasteiger partial charge in [0.05, 0.1) is 16.8 Å². The van der Waals surface area contributed by atoms with Crippen LogP contribution in [0, 0.1) is 0 Å². The minimum Gasteiger partial charge on any atom is -0.369 e. The van der Waals surface area contributed by atoms with Crippen molar-refractivity contribution in [3.8, 4) is 11.3 Å². The third-order valence-corrected chi connectivity index (χ3v) is 6.05. The fourth-order valence-electron chi connectivity index (χ4n) is 3.98. The van der Waals surface area contributed by atoms with Gasteiger partial charge in [-0.3, -0.25) is 9.78 Å². The third kappa shape index (κ3) is 5.51. The highest BCUT2D eigenvalue weighted by Gasteiger charge is 2.21. The number of pyridine rings is 2. The Hall–Kier alpha value is -3.72. The fraction of sp³-hybridized carbons (Fsp3) is 0.269. The molecule has 9 heteroatoms. The Morgan fingerprint density at radius 2 is 1.91 bits per heavy atom. The quantitative estimate of drug-likeness (QED) is 0.339. The molecule has 4 aromatic rings. The second-order valence-corrected chi connectivity index (χ2v) is 8.60. The van der Waals surface area contributed by atoms with Crippen LogP contribution in [0.1, 0.15) is 41.6 Å². The number of carbonyl (C=O) groups excluding carboxylic acids is 1. The average Bonchev–Trinajstić information content (AvgIpc) is 3.70. The van der Waals surface area contributed by atoms with E-state index in [0.717, 1.165) is 39.4 Å². The number of carbonyl (C=O) groups is 1. The van der Waals surface area contributed by atoms with E-state index in [1.54, 1.807) is 25.6 Å². The summed E-state index contributed by atoms with van der Waals surface area (Å²) in [6.45, 7) is 2.79. The van der Waals surface area contributed by atoms with Crippen molar-refractivity contribution < 1.29 is 4.79 Å². The molecule has 1 aliphatic carbocycles. The molecule has 3 aromatic heterocycles. The van der Waals surface area contributed by atoms with Crippen LogP contribution < -0.4 is 16.0 Å². The van der Waals surface area contributed by atoms with E-state index in [9.17, 15) is 4.79 Å². The largest absolute Gasteiger partial charge is 0.369 e. The third-order valence-electron chi connectivity index (χ3n) is 6.05. The van der Waals surface area contributed by atoms with Crippen molar-refractivity contribution in [3.63, 3.8) is 0 Å². The lowest BCUT2D eigenvalue weighted by molar-refractivity contribution is 0.0964. The lowest BCUT2D eigenvalue weighted by Crippen LogP contribution is -2.18. The first-order valence-corrected chi connectivity index (χ1v) is 11.5. The minimum atomic E-state index is -0.116. The molecule has 3 heterocycles. The van der Waals surface area contributed by atoms with E-state index in [2.05, 4.69) is 48.9 Å². The number of hydrogen-bond acceptors (Lipinski definition) is 7. The maximum Gasteiger partial charge on any atom is 0.251 e. The monoisotopic (exact) mass is 487 g/mol. The number of amides is 1. The lowest BCUT2D eigenvalue weighted by atomic mass is 9.96. The molecule has 1 saturated carbocycles. The van der Waals surface area contributed by atoms with Gasteiger partial charge in [-0.05, 0) is 36.6 Å². The number of para-hydroxylation sites is 1. The minimum absolute atomic E-state index is 0. The molecule has 3 N–H and O–H groups in total. The number of aromatic nitrogens is 4. The number of benzene rings is 1. The molecule has 1 aromatic carbocycles. The number of hydrogen-bond donors (Lipinski definition) is 3. The first-order valence-electron chi connectivity index (χ1n) is 11.5. The number of nitrogens with zero attached hydrogens (tertiary/aromatic N) is 4. The molecule has 5 rings (SSSR count). The van der Waals surface area contributed by atoms with Gasteiger partial charge in [0.2, 0.25) is 0 Å². The van der Waals surface area contributed by atoms with Gasteiger partial charge < -0.3 is 16.0 Å². The van der Waals surface area contributed by atoms with E-state index in [4.69, 9.17) is 0 Å². The molecular formula is C26H29N7OS. The molecule has 1 amide bonds. The van der Waals surface area contributed by atoms with Gasteiger partial charge in [0.15, 0.2) is 0 Å². The van der Waals surface area contributed by atoms with E-state index in [1.165, 1.54) is 12.8 Å². The zero-order chi connectivity index (χ0) is 23.5. The molecule has 1 aliphatic rings. The Bertz CT molecular complexity index is 1330. The van der Waals surface area contributed by atoms with Crippen molar-refractivity contribution >= 4 is 41.9 Å². The second kappa shape index (κ2) is 10.7. The van der Waals surface area contributed by atoms with Crippen LogP contribution in [0.25, 0.3) is 22.2 Å². The van der Waals surface area contributed by atoms with Crippen molar-refractivity contribution in [3.05, 3.63) is 72.3 Å². The van der Waals surface area contributed by atoms with Crippen LogP contribution in [0.5, 0.6) is 0 Å². The molecule has 1 atom stereocenters. The second-order valence-electron chi connectivity index (χ2n) is 8.60. The number of anilines is 2. The van der Waals surface area contributed by atoms with Crippen LogP contribution in [-0.2, 0) is 0 Å². The highest BCUT2D eigenvalue weighted by atomic mass is 32.1. The van der Waals surface area contributed by atoms with E-state index >= 15 is 0 Å². The Balaban J connectivity index is 0.00000289. The number of rotatable bonds is 8. The molecule has 0 saturated heterocycles. The van der Waals surface area contributed by atoms with E-state index in [-0.39, 0.29) is 25.3 Å². The van der Waals surface area contributed by atoms with Gasteiger partial charge in [-0.2, -0.15) is 13.5 Å². The first-order chi connectivity index (χ1) is 16.6. The van der Waals surface area contributed by atoms with Gasteiger partial charge in [-0.25, -0.2) is 15.0 Å². The summed E-state index contributed by atoms with van der Waals surface area (Å²) < 4.78 is 0. The van der Waals surface area contributed by atoms with Crippen molar-refractivity contribution in [2.45, 2.75) is 31.7 Å². The molecule has 0 unspecified atom stereocenters. The first kappa shape index (κ1) is 24.4. The number of nitrogens with one attached hydrogen (secondary N) is 3. The summed E-state index contributed by atoms with van der Waals surface area (Å²) in [4.78, 5) is 30.1. The summed E-state index contributed by atoms with van der Waals surface area (Å²) in [6.07, 6.45) is 7.52. The lowest BCUT2D eigenvalue weighted by Gasteiger charge is -2.16. The molecule has 35 heavy (non-hydrogen) atoms. The molecule has 180 valence electrons. The predicted octanol–water partition coefficient (Wildman–Crippen LogP) is 4.35. The van der Waals surface area contributed by atoms with E-state index < -0.39 is 0 Å². The van der Waals surface area contributed by atoms with Crippen LogP contribution in [0.4, 0.5) is 11.6 Å². The van der Waals surface area contributed by atoms with Gasteiger partial charge in [0.25, 0.3) is 5.91 Å². The molecular weight excluding hydrogens is 458 g/mol. The maximum atomic E-state index is 12.3. The van der Waals surface area contributed by atoms with Crippen molar-refractivity contribution in [1.82, 2.24) is 25.3 Å². The average molecular weight is 488 g/mol. The topological polar surface area (TPSA) is 105 Å². The Morgan fingerprint density at radius 1 is 1.06 bits per heavy atom. The van der Waals surface area contributed by atoms with Crippen molar-refractivity contribution in [1.29, 1.82) is 0 Å². The zero-order valence-corrected chi connectivity index (χ0v) is 20.7. The summed E-state index contributed by atoms with van der Waals surface area (Å²) in [5, 5.41) is 10.4. The van der Waals surface area contributed by atoms with E-state index in [1.807, 2.05) is 36.5 Å². The Morgan fingerprint density at radius 3 is 2.66 bits per heavy atom. The molecule has 0 radical (unpaired) electrons. The van der Waals surface area contributed by atoms with Crippen molar-refractivity contribution in [2.24, 2.45) is 0 Å². The van der Waals surface area contributed by atoms with Gasteiger partial charge >= 0.3 is 0 Å². The summed E-state index contributed by atoms with van der Waals surface area (Å²) in [6, 6.07) is 14.2. The van der Waals surface area contributed by atoms with Gasteiger partial charge in [0.1, 0.15) is 18.0 Å². The van der Waals surface area contributed by atoms with Crippen LogP contribution in [0.3, 0.4) is 0 Å². The smallest absolute Gasteiger partial charge is 0.251 e. The normalized spacial score (nSPS) is 13.5. The molecule has 8 nitrogen and oxygen atoms in total. The Kier molecular flexibility index (Phi) is 7.45. The van der Waals surface area contributed by atoms with Gasteiger partial charge in [-0.15, -0.1) is 0 Å². The predicted molar refractivity (Wildman–Crippen MR) is 144 cm³/mol. The van der Waals surface area contributed by atoms with Crippen LogP contribution >= 0.6 is 13.5 Å². The Labute approximate surface area is 211 Å². The highest BCUT2D eigenvalue weighted by molar-refractivity contribution is 7.59. The molecule has 1 fully saturated rings. The van der Waals surface area contributed by atoms with Crippen LogP contribution in [0.2, 0.25) is 0 Å². The summed E-state index contributed by atoms with van der Waals surface area (Å²) in [5.74, 6) is 1.67. The highest BCUT2D eigenvalue weighted by Crippen LogP contribution is 2.27. The van der Waals surface area contributed by atoms with Crippen LogP contribution in [-0.4, -0.2) is 45.5 Å². The maximum absolute atomic E-state index is 12.3. The van der Waals surface area contributed by atoms with Crippen molar-refractivity contribution in [2.75, 3.05) is 24.2 Å². The summed E-state index contributed by atoms with van der Waals surface area (Å²) in [7, 11) is 1.64. The van der Waals surface area contributed by atoms with E-state index in [0.29, 0.717) is 18.2 Å². The summed E-state index contributed by atoms with van der Waals surface area (Å²) >= 11 is 0. The molecule has 0 aliphatic heterocycles. The molecule has 0 spiro atoms. The molecule has 0 bridgehead atoms.